The SMILES string of the molecule is C#CCOCCOCCOCCOCCOCCOCCNC(=O)CCC(NC(=O)c1ccc(NCc2cnc3nc(N)[nH]c(=O)c3n2)cc1)C(=O)OC(C)(C)C. The summed E-state index contributed by atoms with van der Waals surface area (Å²) in [5.41, 5.74) is 5.90. The fourth-order valence-corrected chi connectivity index (χ4v) is 4.71. The molecule has 0 fully saturated rings. The normalized spacial score (nSPS) is 11.8. The van der Waals surface area contributed by atoms with E-state index in [-0.39, 0.29) is 67.7 Å². The number of aromatic nitrogens is 4. The van der Waals surface area contributed by atoms with Crippen LogP contribution in [-0.4, -0.2) is 135 Å². The summed E-state index contributed by atoms with van der Waals surface area (Å²) in [5.74, 6) is 0.853. The Morgan fingerprint density at radius 1 is 0.860 bits per heavy atom. The van der Waals surface area contributed by atoms with Gasteiger partial charge in [-0.15, -0.1) is 6.42 Å². The van der Waals surface area contributed by atoms with E-state index in [1.807, 2.05) is 0 Å². The maximum atomic E-state index is 13.2. The number of amides is 2. The van der Waals surface area contributed by atoms with Crippen molar-refractivity contribution in [1.82, 2.24) is 30.6 Å². The minimum Gasteiger partial charge on any atom is -0.458 e. The first-order chi connectivity index (χ1) is 27.4. The van der Waals surface area contributed by atoms with Crippen LogP contribution in [-0.2, 0) is 49.3 Å². The van der Waals surface area contributed by atoms with Crippen molar-refractivity contribution in [2.75, 3.05) is 96.9 Å². The average Bonchev–Trinajstić information content (AvgIpc) is 3.17. The highest BCUT2D eigenvalue weighted by Gasteiger charge is 2.27. The summed E-state index contributed by atoms with van der Waals surface area (Å²) in [6.45, 7) is 10.5. The van der Waals surface area contributed by atoms with Gasteiger partial charge in [0.05, 0.1) is 91.1 Å². The van der Waals surface area contributed by atoms with Gasteiger partial charge in [-0.05, 0) is 51.5 Å². The lowest BCUT2D eigenvalue weighted by Gasteiger charge is -2.24. The molecule has 0 aliphatic heterocycles. The molecule has 1 unspecified atom stereocenters. The maximum Gasteiger partial charge on any atom is 0.329 e. The number of nitrogen functional groups attached to an aromatic ring is 1. The van der Waals surface area contributed by atoms with Crippen LogP contribution in [0.25, 0.3) is 11.2 Å². The number of ether oxygens (including phenoxy) is 7. The highest BCUT2D eigenvalue weighted by Crippen LogP contribution is 2.14. The molecule has 19 heteroatoms. The molecular weight excluding hydrogens is 744 g/mol. The number of esters is 1. The second kappa shape index (κ2) is 25.8. The number of H-pyrrole nitrogens is 1. The molecule has 19 nitrogen and oxygen atoms in total. The van der Waals surface area contributed by atoms with Crippen molar-refractivity contribution in [1.29, 1.82) is 0 Å². The van der Waals surface area contributed by atoms with E-state index < -0.39 is 29.1 Å². The molecule has 0 aliphatic rings. The summed E-state index contributed by atoms with van der Waals surface area (Å²) in [6, 6.07) is 5.45. The van der Waals surface area contributed by atoms with Crippen molar-refractivity contribution in [2.24, 2.45) is 0 Å². The van der Waals surface area contributed by atoms with Gasteiger partial charge in [-0.1, -0.05) is 5.92 Å². The number of hydrogen-bond donors (Lipinski definition) is 5. The highest BCUT2D eigenvalue weighted by atomic mass is 16.6. The van der Waals surface area contributed by atoms with Crippen molar-refractivity contribution in [3.8, 4) is 12.3 Å². The molecule has 0 saturated heterocycles. The number of nitrogens with two attached hydrogens (primary N) is 1. The van der Waals surface area contributed by atoms with Gasteiger partial charge in [0.1, 0.15) is 18.2 Å². The van der Waals surface area contributed by atoms with Crippen molar-refractivity contribution in [3.63, 3.8) is 0 Å². The Bertz CT molecular complexity index is 1780. The minimum absolute atomic E-state index is 0.0191. The van der Waals surface area contributed by atoms with Crippen LogP contribution in [0.5, 0.6) is 0 Å². The molecule has 3 aromatic rings. The van der Waals surface area contributed by atoms with Gasteiger partial charge in [-0.25, -0.2) is 14.8 Å². The molecule has 0 aliphatic carbocycles. The summed E-state index contributed by atoms with van der Waals surface area (Å²) >= 11 is 0. The molecule has 2 heterocycles. The van der Waals surface area contributed by atoms with Crippen LogP contribution in [0.1, 0.15) is 49.7 Å². The molecule has 0 saturated carbocycles. The molecule has 0 spiro atoms. The van der Waals surface area contributed by atoms with Crippen molar-refractivity contribution in [2.45, 2.75) is 51.8 Å². The van der Waals surface area contributed by atoms with E-state index in [9.17, 15) is 19.2 Å². The number of benzene rings is 1. The molecule has 1 atom stereocenters. The fraction of sp³-hybridized carbons (Fsp3) is 0.553. The van der Waals surface area contributed by atoms with Crippen LogP contribution >= 0.6 is 0 Å². The number of rotatable bonds is 28. The predicted molar refractivity (Wildman–Crippen MR) is 209 cm³/mol. The highest BCUT2D eigenvalue weighted by molar-refractivity contribution is 5.97. The largest absolute Gasteiger partial charge is 0.458 e. The summed E-state index contributed by atoms with van der Waals surface area (Å²) in [5, 5.41) is 8.60. The first-order valence-electron chi connectivity index (χ1n) is 18.5. The zero-order chi connectivity index (χ0) is 41.3. The third kappa shape index (κ3) is 19.5. The standard InChI is InChI=1S/C38H54N8O11/c1-5-13-51-15-17-53-19-21-55-23-24-56-22-20-54-18-16-52-14-12-40-31(47)11-10-30(36(50)57-38(2,3)4)44-34(48)27-6-8-28(9-7-27)41-25-29-26-42-33-32(43-29)35(49)46-37(39)45-33/h1,6-9,26,30,41H,10-25H2,2-4H3,(H,40,47)(H,44,48)(H3,39,42,45,46,49). The Labute approximate surface area is 331 Å². The van der Waals surface area contributed by atoms with Gasteiger partial charge in [-0.2, -0.15) is 4.98 Å². The van der Waals surface area contributed by atoms with Crippen LogP contribution in [0, 0.1) is 12.3 Å². The second-order valence-corrected chi connectivity index (χ2v) is 13.2. The van der Waals surface area contributed by atoms with Gasteiger partial charge in [-0.3, -0.25) is 19.4 Å². The van der Waals surface area contributed by atoms with Crippen LogP contribution in [0.2, 0.25) is 0 Å². The van der Waals surface area contributed by atoms with E-state index in [1.165, 1.54) is 6.20 Å². The average molecular weight is 799 g/mol. The van der Waals surface area contributed by atoms with Gasteiger partial charge < -0.3 is 54.8 Å². The number of anilines is 2. The van der Waals surface area contributed by atoms with E-state index in [4.69, 9.17) is 45.3 Å². The molecule has 0 bridgehead atoms. The van der Waals surface area contributed by atoms with Crippen LogP contribution in [0.15, 0.2) is 35.3 Å². The number of fused-ring (bicyclic) bond motifs is 1. The van der Waals surface area contributed by atoms with Gasteiger partial charge in [0.25, 0.3) is 11.5 Å². The quantitative estimate of drug-likeness (QED) is 0.0390. The van der Waals surface area contributed by atoms with Gasteiger partial charge in [0.15, 0.2) is 11.2 Å². The molecular formula is C38H54N8O11. The van der Waals surface area contributed by atoms with Crippen LogP contribution in [0.3, 0.4) is 0 Å². The topological polar surface area (TPSA) is 249 Å². The summed E-state index contributed by atoms with van der Waals surface area (Å²) in [4.78, 5) is 65.6. The fourth-order valence-electron chi connectivity index (χ4n) is 4.71. The zero-order valence-electron chi connectivity index (χ0n) is 32.8. The molecule has 57 heavy (non-hydrogen) atoms. The molecule has 6 N–H and O–H groups in total. The third-order valence-corrected chi connectivity index (χ3v) is 7.38. The zero-order valence-corrected chi connectivity index (χ0v) is 32.8. The minimum atomic E-state index is -1.07. The van der Waals surface area contributed by atoms with E-state index in [1.54, 1.807) is 45.0 Å². The Morgan fingerprint density at radius 2 is 1.44 bits per heavy atom. The van der Waals surface area contributed by atoms with Gasteiger partial charge >= 0.3 is 5.97 Å². The number of terminal acetylenes is 1. The Balaban J connectivity index is 1.29. The first-order valence-corrected chi connectivity index (χ1v) is 18.5. The summed E-state index contributed by atoms with van der Waals surface area (Å²) < 4.78 is 37.8. The van der Waals surface area contributed by atoms with Crippen molar-refractivity contribution < 1.29 is 47.5 Å². The number of carbonyl (C=O) groups excluding carboxylic acids is 3. The lowest BCUT2D eigenvalue weighted by molar-refractivity contribution is -0.157. The number of nitrogens with one attached hydrogen (secondary N) is 4. The predicted octanol–water partition coefficient (Wildman–Crippen LogP) is 0.977. The summed E-state index contributed by atoms with van der Waals surface area (Å²) in [7, 11) is 0. The van der Waals surface area contributed by atoms with E-state index in [0.29, 0.717) is 77.5 Å². The molecule has 2 amide bonds. The maximum absolute atomic E-state index is 13.2. The van der Waals surface area contributed by atoms with Crippen LogP contribution < -0.4 is 27.2 Å². The molecule has 3 rings (SSSR count). The number of carbonyl (C=O) groups is 3. The lowest BCUT2D eigenvalue weighted by Crippen LogP contribution is -2.45. The smallest absolute Gasteiger partial charge is 0.329 e. The summed E-state index contributed by atoms with van der Waals surface area (Å²) in [6.07, 6.45) is 6.55. The van der Waals surface area contributed by atoms with E-state index in [2.05, 4.69) is 41.8 Å². The van der Waals surface area contributed by atoms with Gasteiger partial charge in [0, 0.05) is 24.2 Å². The molecule has 2 aromatic heterocycles. The Hall–Kier alpha value is -5.23. The Kier molecular flexibility index (Phi) is 20.9. The van der Waals surface area contributed by atoms with Crippen molar-refractivity contribution in [3.05, 3.63) is 52.1 Å². The van der Waals surface area contributed by atoms with E-state index >= 15 is 0 Å². The number of nitrogens with zero attached hydrogens (tertiary/aromatic N) is 3. The van der Waals surface area contributed by atoms with E-state index in [0.717, 1.165) is 0 Å². The van der Waals surface area contributed by atoms with Crippen molar-refractivity contribution >= 4 is 40.6 Å². The molecule has 312 valence electrons. The first kappa shape index (κ1) is 46.2. The molecule has 0 radical (unpaired) electrons. The number of hydrogen-bond acceptors (Lipinski definition) is 16. The monoisotopic (exact) mass is 798 g/mol. The Morgan fingerprint density at radius 3 is 2.02 bits per heavy atom. The lowest BCUT2D eigenvalue weighted by atomic mass is 10.1. The number of aromatic amines is 1. The second-order valence-electron chi connectivity index (χ2n) is 13.2. The third-order valence-electron chi connectivity index (χ3n) is 7.38. The van der Waals surface area contributed by atoms with Gasteiger partial charge in [0.2, 0.25) is 11.9 Å². The van der Waals surface area contributed by atoms with Crippen LogP contribution in [0.4, 0.5) is 11.6 Å². The molecule has 1 aromatic carbocycles.